The summed E-state index contributed by atoms with van der Waals surface area (Å²) in [6, 6.07) is 20.9. The molecule has 47 heavy (non-hydrogen) atoms. The molecule has 3 heterocycles. The molecule has 1 atom stereocenters. The molecule has 7 rings (SSSR count). The van der Waals surface area contributed by atoms with Crippen LogP contribution >= 0.6 is 38.9 Å². The standard InChI is InChI=1S/C28H25ClN2O4S.C8H6BrNO/c1-14-11-20-25(36-26(31-20)16-7-10-19-17(12-16)13-21(32)30-19)23(15-5-8-18(29)9-6-15)22(14)24(27(33)34)35-28(2,3)4;9-6-1-2-7-5(3-6)4-8(11)10-7/h5-12,24H,13H2,1-4H3,(H,30,32)(H,33,34);1-3H,4H2,(H,10,11)/t24-;/m0./s1. The van der Waals surface area contributed by atoms with Crippen LogP contribution in [0.15, 0.2) is 71.2 Å². The third kappa shape index (κ3) is 7.11. The number of nitrogens with zero attached hydrogens (tertiary/aromatic N) is 1. The molecule has 0 bridgehead atoms. The van der Waals surface area contributed by atoms with Crippen LogP contribution in [-0.4, -0.2) is 33.5 Å². The number of aliphatic carboxylic acids is 1. The van der Waals surface area contributed by atoms with Crippen molar-refractivity contribution in [3.8, 4) is 21.7 Å². The number of aryl methyl sites for hydroxylation is 1. The number of fused-ring (bicyclic) bond motifs is 3. The Hall–Kier alpha value is -4.09. The van der Waals surface area contributed by atoms with Crippen molar-refractivity contribution in [2.24, 2.45) is 0 Å². The number of carbonyl (C=O) groups is 3. The quantitative estimate of drug-likeness (QED) is 0.166. The fourth-order valence-electron chi connectivity index (χ4n) is 5.72. The fourth-order valence-corrected chi connectivity index (χ4v) is 7.38. The van der Waals surface area contributed by atoms with Gasteiger partial charge in [0.25, 0.3) is 0 Å². The van der Waals surface area contributed by atoms with Crippen molar-refractivity contribution in [2.45, 2.75) is 52.2 Å². The van der Waals surface area contributed by atoms with Gasteiger partial charge in [-0.15, -0.1) is 11.3 Å². The molecule has 0 spiro atoms. The molecule has 0 saturated heterocycles. The van der Waals surface area contributed by atoms with Gasteiger partial charge in [-0.25, -0.2) is 9.78 Å². The topological polar surface area (TPSA) is 118 Å². The summed E-state index contributed by atoms with van der Waals surface area (Å²) in [5, 5.41) is 17.2. The van der Waals surface area contributed by atoms with Crippen LogP contribution in [0.3, 0.4) is 0 Å². The second-order valence-corrected chi connectivity index (χ2v) is 14.8. The van der Waals surface area contributed by atoms with E-state index >= 15 is 0 Å². The fraction of sp³-hybridized carbons (Fsp3) is 0.222. The lowest BCUT2D eigenvalue weighted by Gasteiger charge is -2.28. The minimum Gasteiger partial charge on any atom is -0.479 e. The third-order valence-electron chi connectivity index (χ3n) is 7.69. The maximum atomic E-state index is 12.5. The van der Waals surface area contributed by atoms with Crippen LogP contribution in [0.25, 0.3) is 31.9 Å². The minimum absolute atomic E-state index is 0.0182. The van der Waals surface area contributed by atoms with E-state index < -0.39 is 17.7 Å². The molecule has 4 aromatic carbocycles. The molecule has 0 radical (unpaired) electrons. The number of thiazole rings is 1. The van der Waals surface area contributed by atoms with E-state index in [-0.39, 0.29) is 11.8 Å². The van der Waals surface area contributed by atoms with Gasteiger partial charge in [-0.2, -0.15) is 0 Å². The number of ether oxygens (including phenoxy) is 1. The predicted molar refractivity (Wildman–Crippen MR) is 190 cm³/mol. The number of amides is 2. The molecule has 5 aromatic rings. The highest BCUT2D eigenvalue weighted by molar-refractivity contribution is 9.10. The number of carboxylic acid groups (broad SMARTS) is 1. The summed E-state index contributed by atoms with van der Waals surface area (Å²) in [5.41, 5.74) is 7.80. The van der Waals surface area contributed by atoms with E-state index in [1.165, 1.54) is 11.3 Å². The van der Waals surface area contributed by atoms with Crippen LogP contribution in [0, 0.1) is 6.92 Å². The van der Waals surface area contributed by atoms with Crippen molar-refractivity contribution in [3.05, 3.63) is 98.5 Å². The number of carboxylic acids is 1. The Morgan fingerprint density at radius 1 is 0.936 bits per heavy atom. The molecule has 0 saturated carbocycles. The van der Waals surface area contributed by atoms with Gasteiger partial charge < -0.3 is 20.5 Å². The average molecular weight is 733 g/mol. The zero-order chi connectivity index (χ0) is 33.6. The molecule has 1 aromatic heterocycles. The number of rotatable bonds is 5. The number of nitrogens with one attached hydrogen (secondary N) is 2. The van der Waals surface area contributed by atoms with Gasteiger partial charge in [0.1, 0.15) is 5.01 Å². The SMILES string of the molecule is Cc1cc2nc(-c3ccc4c(c3)CC(=O)N4)sc2c(-c2ccc(Cl)cc2)c1[C@H](OC(C)(C)C)C(=O)O.O=C1Cc2cc(Br)ccc2N1. The normalized spacial score (nSPS) is 14.2. The van der Waals surface area contributed by atoms with E-state index in [0.717, 1.165) is 64.5 Å². The maximum absolute atomic E-state index is 12.5. The Morgan fingerprint density at radius 3 is 2.15 bits per heavy atom. The summed E-state index contributed by atoms with van der Waals surface area (Å²) in [6.45, 7) is 7.42. The van der Waals surface area contributed by atoms with Crippen LogP contribution in [0.2, 0.25) is 5.02 Å². The van der Waals surface area contributed by atoms with Crippen LogP contribution in [0.4, 0.5) is 11.4 Å². The van der Waals surface area contributed by atoms with Crippen LogP contribution in [0.1, 0.15) is 49.1 Å². The zero-order valence-corrected chi connectivity index (χ0v) is 29.2. The molecule has 240 valence electrons. The molecular weight excluding hydrogens is 702 g/mol. The maximum Gasteiger partial charge on any atom is 0.337 e. The van der Waals surface area contributed by atoms with Crippen LogP contribution < -0.4 is 10.6 Å². The van der Waals surface area contributed by atoms with Crippen molar-refractivity contribution in [1.29, 1.82) is 0 Å². The van der Waals surface area contributed by atoms with Crippen molar-refractivity contribution in [3.63, 3.8) is 0 Å². The molecule has 8 nitrogen and oxygen atoms in total. The molecule has 11 heteroatoms. The lowest BCUT2D eigenvalue weighted by atomic mass is 9.91. The van der Waals surface area contributed by atoms with E-state index in [4.69, 9.17) is 21.3 Å². The summed E-state index contributed by atoms with van der Waals surface area (Å²) in [4.78, 5) is 40.1. The van der Waals surface area contributed by atoms with Gasteiger partial charge in [0.15, 0.2) is 6.10 Å². The van der Waals surface area contributed by atoms with Gasteiger partial charge in [-0.1, -0.05) is 39.7 Å². The lowest BCUT2D eigenvalue weighted by Crippen LogP contribution is -2.28. The monoisotopic (exact) mass is 731 g/mol. The second-order valence-electron chi connectivity index (χ2n) is 12.4. The van der Waals surface area contributed by atoms with Gasteiger partial charge in [-0.05, 0) is 105 Å². The van der Waals surface area contributed by atoms with Gasteiger partial charge in [0.2, 0.25) is 11.8 Å². The minimum atomic E-state index is -1.16. The smallest absolute Gasteiger partial charge is 0.337 e. The summed E-state index contributed by atoms with van der Waals surface area (Å²) in [7, 11) is 0. The van der Waals surface area contributed by atoms with Gasteiger partial charge >= 0.3 is 5.97 Å². The van der Waals surface area contributed by atoms with Gasteiger partial charge in [-0.3, -0.25) is 9.59 Å². The number of halogens is 2. The highest BCUT2D eigenvalue weighted by Crippen LogP contribution is 2.45. The molecule has 0 unspecified atom stereocenters. The molecular formula is C36H31BrClN3O5S. The van der Waals surface area contributed by atoms with Crippen LogP contribution in [-0.2, 0) is 32.0 Å². The Kier molecular flexibility index (Phi) is 8.97. The lowest BCUT2D eigenvalue weighted by molar-refractivity contribution is -0.160. The Balaban J connectivity index is 0.000000295. The number of benzene rings is 4. The van der Waals surface area contributed by atoms with Crippen molar-refractivity contribution < 1.29 is 24.2 Å². The zero-order valence-electron chi connectivity index (χ0n) is 26.0. The number of anilines is 2. The Bertz CT molecular complexity index is 2070. The molecule has 2 aliphatic heterocycles. The van der Waals surface area contributed by atoms with E-state index in [0.29, 0.717) is 23.4 Å². The first-order valence-electron chi connectivity index (χ1n) is 14.9. The summed E-state index contributed by atoms with van der Waals surface area (Å²) in [5.74, 6) is -0.989. The van der Waals surface area contributed by atoms with E-state index in [1.54, 1.807) is 12.1 Å². The first kappa shape index (κ1) is 32.8. The third-order valence-corrected chi connectivity index (χ3v) is 9.57. The van der Waals surface area contributed by atoms with E-state index in [1.807, 2.05) is 82.3 Å². The van der Waals surface area contributed by atoms with E-state index in [2.05, 4.69) is 26.6 Å². The summed E-state index contributed by atoms with van der Waals surface area (Å²) in [6.07, 6.45) is -0.310. The Morgan fingerprint density at radius 2 is 1.53 bits per heavy atom. The molecule has 0 fully saturated rings. The molecule has 3 N–H and O–H groups in total. The highest BCUT2D eigenvalue weighted by atomic mass is 79.9. The van der Waals surface area contributed by atoms with Crippen molar-refractivity contribution >= 4 is 78.2 Å². The van der Waals surface area contributed by atoms with E-state index in [9.17, 15) is 19.5 Å². The largest absolute Gasteiger partial charge is 0.479 e. The summed E-state index contributed by atoms with van der Waals surface area (Å²) >= 11 is 11.0. The van der Waals surface area contributed by atoms with Crippen molar-refractivity contribution in [1.82, 2.24) is 4.98 Å². The highest BCUT2D eigenvalue weighted by Gasteiger charge is 2.32. The van der Waals surface area contributed by atoms with Gasteiger partial charge in [0, 0.05) is 37.6 Å². The number of hydrogen-bond acceptors (Lipinski definition) is 6. The van der Waals surface area contributed by atoms with Gasteiger partial charge in [0.05, 0.1) is 28.7 Å². The first-order valence-corrected chi connectivity index (χ1v) is 16.9. The predicted octanol–water partition coefficient (Wildman–Crippen LogP) is 8.97. The molecule has 2 amide bonds. The Labute approximate surface area is 289 Å². The number of carbonyl (C=O) groups excluding carboxylic acids is 2. The average Bonchev–Trinajstić information content (AvgIpc) is 3.69. The van der Waals surface area contributed by atoms with Crippen LogP contribution in [0.5, 0.6) is 0 Å². The first-order chi connectivity index (χ1) is 22.3. The number of aromatic nitrogens is 1. The summed E-state index contributed by atoms with van der Waals surface area (Å²) < 4.78 is 7.96. The molecule has 2 aliphatic rings. The molecule has 0 aliphatic carbocycles. The number of hydrogen-bond donors (Lipinski definition) is 3. The van der Waals surface area contributed by atoms with Crippen molar-refractivity contribution in [2.75, 3.05) is 10.6 Å². The second kappa shape index (κ2) is 12.8.